The van der Waals surface area contributed by atoms with Crippen LogP contribution in [0.3, 0.4) is 0 Å². The molecule has 1 saturated heterocycles. The number of thiophene rings is 1. The highest BCUT2D eigenvalue weighted by atomic mass is 32.2. The molecular weight excluding hydrogens is 404 g/mol. The molecule has 4 rings (SSSR count). The lowest BCUT2D eigenvalue weighted by molar-refractivity contribution is 0.0670. The summed E-state index contributed by atoms with van der Waals surface area (Å²) in [4.78, 5) is 21.1. The molecule has 27 heavy (non-hydrogen) atoms. The lowest BCUT2D eigenvalue weighted by atomic mass is 10.2. The first-order valence-corrected chi connectivity index (χ1v) is 12.0. The van der Waals surface area contributed by atoms with Crippen molar-refractivity contribution in [3.8, 4) is 9.88 Å². The van der Waals surface area contributed by atoms with Crippen molar-refractivity contribution in [3.63, 3.8) is 0 Å². The van der Waals surface area contributed by atoms with E-state index in [0.717, 1.165) is 9.88 Å². The molecule has 3 aromatic heterocycles. The number of hydrogen-bond acceptors (Lipinski definition) is 7. The van der Waals surface area contributed by atoms with Crippen molar-refractivity contribution in [2.24, 2.45) is 0 Å². The van der Waals surface area contributed by atoms with Crippen molar-refractivity contribution in [1.82, 2.24) is 9.88 Å². The first-order chi connectivity index (χ1) is 12.9. The number of hydrogen-bond donors (Lipinski definition) is 0. The molecule has 3 aromatic rings. The molecule has 0 unspecified atom stereocenters. The van der Waals surface area contributed by atoms with Crippen LogP contribution in [0.1, 0.15) is 27.5 Å². The third kappa shape index (κ3) is 3.85. The second kappa shape index (κ2) is 7.21. The molecule has 0 bridgehead atoms. The zero-order valence-corrected chi connectivity index (χ0v) is 17.1. The molecule has 1 aliphatic rings. The number of nitrogens with zero attached hydrogens (tertiary/aromatic N) is 2. The van der Waals surface area contributed by atoms with Crippen molar-refractivity contribution >= 4 is 38.4 Å². The summed E-state index contributed by atoms with van der Waals surface area (Å²) >= 11 is 2.93. The predicted molar refractivity (Wildman–Crippen MR) is 106 cm³/mol. The molecule has 0 aromatic carbocycles. The highest BCUT2D eigenvalue weighted by molar-refractivity contribution is 7.91. The zero-order chi connectivity index (χ0) is 19.0. The van der Waals surface area contributed by atoms with Crippen LogP contribution in [0.4, 0.5) is 0 Å². The van der Waals surface area contributed by atoms with Gasteiger partial charge in [-0.3, -0.25) is 4.79 Å². The summed E-state index contributed by atoms with van der Waals surface area (Å²) in [5, 5.41) is 2.78. The summed E-state index contributed by atoms with van der Waals surface area (Å²) in [6.07, 6.45) is 2.00. The van der Waals surface area contributed by atoms with Gasteiger partial charge in [0.15, 0.2) is 9.84 Å². The van der Waals surface area contributed by atoms with E-state index in [1.165, 1.54) is 11.3 Å². The van der Waals surface area contributed by atoms with Crippen LogP contribution in [0.2, 0.25) is 0 Å². The van der Waals surface area contributed by atoms with E-state index in [1.807, 2.05) is 24.4 Å². The van der Waals surface area contributed by atoms with Gasteiger partial charge in [0.05, 0.1) is 34.9 Å². The van der Waals surface area contributed by atoms with Gasteiger partial charge < -0.3 is 9.32 Å². The van der Waals surface area contributed by atoms with Crippen molar-refractivity contribution in [2.45, 2.75) is 25.9 Å². The Hall–Kier alpha value is -1.97. The maximum Gasteiger partial charge on any atom is 0.266 e. The minimum absolute atomic E-state index is 0.00488. The Morgan fingerprint density at radius 2 is 2.22 bits per heavy atom. The van der Waals surface area contributed by atoms with Gasteiger partial charge in [0.25, 0.3) is 5.91 Å². The lowest BCUT2D eigenvalue weighted by Crippen LogP contribution is -2.40. The van der Waals surface area contributed by atoms with Crippen molar-refractivity contribution < 1.29 is 17.6 Å². The highest BCUT2D eigenvalue weighted by Crippen LogP contribution is 2.33. The molecule has 0 N–H and O–H groups in total. The number of carbonyl (C=O) groups is 1. The lowest BCUT2D eigenvalue weighted by Gasteiger charge is -2.27. The van der Waals surface area contributed by atoms with Crippen LogP contribution in [0.5, 0.6) is 0 Å². The average Bonchev–Trinajstić information content (AvgIpc) is 3.39. The Labute approximate surface area is 165 Å². The SMILES string of the molecule is Cc1nc(-c2cccs2)sc1C(=O)N(Cc1ccco1)[C@H]1CCS(=O)(=O)C1. The van der Waals surface area contributed by atoms with E-state index in [-0.39, 0.29) is 30.0 Å². The van der Waals surface area contributed by atoms with Crippen LogP contribution < -0.4 is 0 Å². The van der Waals surface area contributed by atoms with Crippen LogP contribution in [0, 0.1) is 6.92 Å². The number of aromatic nitrogens is 1. The van der Waals surface area contributed by atoms with Gasteiger partial charge in [-0.25, -0.2) is 13.4 Å². The number of carbonyl (C=O) groups excluding carboxylic acids is 1. The third-order valence-electron chi connectivity index (χ3n) is 4.54. The van der Waals surface area contributed by atoms with E-state index in [9.17, 15) is 13.2 Å². The van der Waals surface area contributed by atoms with E-state index >= 15 is 0 Å². The Bertz CT molecular complexity index is 1040. The molecule has 0 spiro atoms. The number of amides is 1. The summed E-state index contributed by atoms with van der Waals surface area (Å²) in [6.45, 7) is 2.06. The number of thiazole rings is 1. The van der Waals surface area contributed by atoms with Gasteiger partial charge in [-0.1, -0.05) is 6.07 Å². The first kappa shape index (κ1) is 18.4. The fourth-order valence-electron chi connectivity index (χ4n) is 3.19. The fraction of sp³-hybridized carbons (Fsp3) is 0.333. The van der Waals surface area contributed by atoms with Crippen molar-refractivity contribution in [3.05, 3.63) is 52.2 Å². The van der Waals surface area contributed by atoms with Gasteiger partial charge in [-0.2, -0.15) is 0 Å². The second-order valence-electron chi connectivity index (χ2n) is 6.48. The standard InChI is InChI=1S/C18H18N2O4S3/c1-12-16(26-17(19-12)15-5-3-8-25-15)18(21)20(10-14-4-2-7-24-14)13-6-9-27(22,23)11-13/h2-5,7-8,13H,6,9-11H2,1H3/t13-/m0/s1. The van der Waals surface area contributed by atoms with Gasteiger partial charge in [-0.15, -0.1) is 22.7 Å². The zero-order valence-electron chi connectivity index (χ0n) is 14.6. The van der Waals surface area contributed by atoms with Crippen LogP contribution in [-0.2, 0) is 16.4 Å². The molecule has 0 radical (unpaired) electrons. The quantitative estimate of drug-likeness (QED) is 0.628. The van der Waals surface area contributed by atoms with Crippen LogP contribution in [-0.4, -0.2) is 41.8 Å². The van der Waals surface area contributed by atoms with Gasteiger partial charge in [0.1, 0.15) is 15.6 Å². The predicted octanol–water partition coefficient (Wildman–Crippen LogP) is 3.60. The summed E-state index contributed by atoms with van der Waals surface area (Å²) in [6, 6.07) is 7.13. The normalized spacial score (nSPS) is 18.6. The molecule has 1 aliphatic heterocycles. The smallest absolute Gasteiger partial charge is 0.266 e. The summed E-state index contributed by atoms with van der Waals surface area (Å²) in [7, 11) is -3.11. The van der Waals surface area contributed by atoms with Crippen molar-refractivity contribution in [2.75, 3.05) is 11.5 Å². The molecule has 9 heteroatoms. The first-order valence-electron chi connectivity index (χ1n) is 8.48. The topological polar surface area (TPSA) is 80.5 Å². The number of rotatable bonds is 5. The van der Waals surface area contributed by atoms with E-state index < -0.39 is 9.84 Å². The Kier molecular flexibility index (Phi) is 4.92. The molecule has 1 fully saturated rings. The number of aryl methyl sites for hydroxylation is 1. The van der Waals surface area contributed by atoms with E-state index in [0.29, 0.717) is 22.8 Å². The molecule has 142 valence electrons. The number of sulfone groups is 1. The molecule has 1 amide bonds. The summed E-state index contributed by atoms with van der Waals surface area (Å²) in [5.74, 6) is 0.552. The average molecular weight is 423 g/mol. The van der Waals surface area contributed by atoms with Crippen molar-refractivity contribution in [1.29, 1.82) is 0 Å². The molecule has 4 heterocycles. The number of furan rings is 1. The van der Waals surface area contributed by atoms with Crippen LogP contribution in [0.15, 0.2) is 40.3 Å². The summed E-state index contributed by atoms with van der Waals surface area (Å²) in [5.41, 5.74) is 0.665. The Morgan fingerprint density at radius 3 is 2.85 bits per heavy atom. The second-order valence-corrected chi connectivity index (χ2v) is 10.7. The fourth-order valence-corrected chi connectivity index (χ4v) is 6.74. The highest BCUT2D eigenvalue weighted by Gasteiger charge is 2.36. The van der Waals surface area contributed by atoms with Gasteiger partial charge in [0.2, 0.25) is 0 Å². The van der Waals surface area contributed by atoms with E-state index in [2.05, 4.69) is 4.98 Å². The molecular formula is C18H18N2O4S3. The molecule has 6 nitrogen and oxygen atoms in total. The maximum absolute atomic E-state index is 13.3. The molecule has 0 aliphatic carbocycles. The van der Waals surface area contributed by atoms with E-state index in [4.69, 9.17) is 4.42 Å². The van der Waals surface area contributed by atoms with Gasteiger partial charge >= 0.3 is 0 Å². The Balaban J connectivity index is 1.66. The maximum atomic E-state index is 13.3. The largest absolute Gasteiger partial charge is 0.467 e. The molecule has 1 atom stereocenters. The third-order valence-corrected chi connectivity index (χ3v) is 8.47. The summed E-state index contributed by atoms with van der Waals surface area (Å²) < 4.78 is 29.3. The van der Waals surface area contributed by atoms with Gasteiger partial charge in [0, 0.05) is 6.04 Å². The molecule has 0 saturated carbocycles. The monoisotopic (exact) mass is 422 g/mol. The Morgan fingerprint density at radius 1 is 1.37 bits per heavy atom. The van der Waals surface area contributed by atoms with Crippen LogP contribution in [0.25, 0.3) is 9.88 Å². The van der Waals surface area contributed by atoms with E-state index in [1.54, 1.807) is 34.6 Å². The minimum atomic E-state index is -3.11. The van der Waals surface area contributed by atoms with Crippen LogP contribution >= 0.6 is 22.7 Å². The minimum Gasteiger partial charge on any atom is -0.467 e. The van der Waals surface area contributed by atoms with Gasteiger partial charge in [-0.05, 0) is 36.9 Å².